The van der Waals surface area contributed by atoms with E-state index < -0.39 is 11.7 Å². The summed E-state index contributed by atoms with van der Waals surface area (Å²) in [6, 6.07) is 8.63. The number of benzene rings is 1. The molecule has 3 rings (SSSR count). The summed E-state index contributed by atoms with van der Waals surface area (Å²) >= 11 is 0. The molecule has 0 atom stereocenters. The molecule has 0 bridgehead atoms. The first-order valence-corrected chi connectivity index (χ1v) is 6.21. The smallest absolute Gasteiger partial charge is 0.296 e. The second-order valence-corrected chi connectivity index (χ2v) is 4.31. The molecule has 0 saturated heterocycles. The molecular formula is C14H9FN4O3. The number of nitrogens with one attached hydrogen (secondary N) is 1. The zero-order valence-electron chi connectivity index (χ0n) is 11.1. The van der Waals surface area contributed by atoms with Gasteiger partial charge in [-0.2, -0.15) is 0 Å². The van der Waals surface area contributed by atoms with Crippen molar-refractivity contribution in [3.8, 4) is 5.69 Å². The normalized spacial score (nSPS) is 10.4. The second kappa shape index (κ2) is 5.60. The number of hydrogen-bond donors (Lipinski definition) is 1. The fourth-order valence-electron chi connectivity index (χ4n) is 1.85. The lowest BCUT2D eigenvalue weighted by molar-refractivity contribution is 0.0986. The van der Waals surface area contributed by atoms with Crippen LogP contribution in [0.25, 0.3) is 5.69 Å². The van der Waals surface area contributed by atoms with E-state index in [1.807, 2.05) is 0 Å². The highest BCUT2D eigenvalue weighted by atomic mass is 19.1. The SMILES string of the molecule is O=C(Nc1ccc(-n2ccccc2=O)cc1F)c1cnno1. The zero-order chi connectivity index (χ0) is 15.5. The molecule has 0 spiro atoms. The molecule has 3 aromatic rings. The number of amides is 1. The summed E-state index contributed by atoms with van der Waals surface area (Å²) in [5.41, 5.74) is 0.0166. The molecule has 8 heteroatoms. The fraction of sp³-hybridized carbons (Fsp3) is 0. The summed E-state index contributed by atoms with van der Waals surface area (Å²) in [6.07, 6.45) is 2.64. The van der Waals surface area contributed by atoms with Gasteiger partial charge in [-0.3, -0.25) is 14.2 Å². The van der Waals surface area contributed by atoms with Crippen LogP contribution in [0.2, 0.25) is 0 Å². The fourth-order valence-corrected chi connectivity index (χ4v) is 1.85. The van der Waals surface area contributed by atoms with Gasteiger partial charge in [0, 0.05) is 23.6 Å². The maximum Gasteiger partial charge on any atom is 0.296 e. The topological polar surface area (TPSA) is 90.0 Å². The molecule has 0 saturated carbocycles. The van der Waals surface area contributed by atoms with E-state index in [9.17, 15) is 14.0 Å². The summed E-state index contributed by atoms with van der Waals surface area (Å²) in [5, 5.41) is 8.85. The van der Waals surface area contributed by atoms with E-state index in [1.54, 1.807) is 12.1 Å². The van der Waals surface area contributed by atoms with Gasteiger partial charge in [0.05, 0.1) is 11.4 Å². The summed E-state index contributed by atoms with van der Waals surface area (Å²) < 4.78 is 19.9. The average Bonchev–Trinajstić information content (AvgIpc) is 3.04. The minimum atomic E-state index is -0.686. The molecule has 0 fully saturated rings. The van der Waals surface area contributed by atoms with Gasteiger partial charge in [-0.15, -0.1) is 5.10 Å². The summed E-state index contributed by atoms with van der Waals surface area (Å²) in [5.74, 6) is -1.50. The summed E-state index contributed by atoms with van der Waals surface area (Å²) in [6.45, 7) is 0. The molecule has 1 aromatic carbocycles. The Hall–Kier alpha value is -3.29. The Balaban J connectivity index is 1.89. The number of halogens is 1. The van der Waals surface area contributed by atoms with Gasteiger partial charge in [-0.1, -0.05) is 6.07 Å². The maximum atomic E-state index is 14.1. The minimum absolute atomic E-state index is 0.0471. The van der Waals surface area contributed by atoms with Crippen LogP contribution in [0, 0.1) is 5.82 Å². The molecule has 0 radical (unpaired) electrons. The van der Waals surface area contributed by atoms with Gasteiger partial charge >= 0.3 is 0 Å². The molecule has 110 valence electrons. The first-order chi connectivity index (χ1) is 10.6. The molecule has 1 amide bonds. The predicted molar refractivity (Wildman–Crippen MR) is 74.2 cm³/mol. The molecule has 22 heavy (non-hydrogen) atoms. The van der Waals surface area contributed by atoms with Crippen molar-refractivity contribution < 1.29 is 13.7 Å². The Morgan fingerprint density at radius 2 is 2.14 bits per heavy atom. The highest BCUT2D eigenvalue weighted by Gasteiger charge is 2.14. The van der Waals surface area contributed by atoms with Crippen molar-refractivity contribution in [1.29, 1.82) is 0 Å². The van der Waals surface area contributed by atoms with Crippen LogP contribution in [0.4, 0.5) is 10.1 Å². The molecule has 0 aliphatic heterocycles. The van der Waals surface area contributed by atoms with Gasteiger partial charge in [0.25, 0.3) is 11.5 Å². The van der Waals surface area contributed by atoms with Gasteiger partial charge in [-0.05, 0) is 18.2 Å². The van der Waals surface area contributed by atoms with Crippen LogP contribution >= 0.6 is 0 Å². The van der Waals surface area contributed by atoms with Gasteiger partial charge in [0.1, 0.15) is 12.0 Å². The van der Waals surface area contributed by atoms with Crippen molar-refractivity contribution in [1.82, 2.24) is 14.9 Å². The third-order valence-electron chi connectivity index (χ3n) is 2.89. The van der Waals surface area contributed by atoms with Crippen LogP contribution in [-0.2, 0) is 0 Å². The minimum Gasteiger partial charge on any atom is -0.332 e. The number of anilines is 1. The van der Waals surface area contributed by atoms with Crippen molar-refractivity contribution in [2.45, 2.75) is 0 Å². The number of aromatic nitrogens is 3. The Morgan fingerprint density at radius 3 is 2.82 bits per heavy atom. The number of nitrogens with zero attached hydrogens (tertiary/aromatic N) is 3. The average molecular weight is 300 g/mol. The lowest BCUT2D eigenvalue weighted by Gasteiger charge is -2.08. The Bertz CT molecular complexity index is 874. The van der Waals surface area contributed by atoms with Crippen LogP contribution in [0.15, 0.2) is 58.1 Å². The largest absolute Gasteiger partial charge is 0.332 e. The molecule has 0 aliphatic rings. The lowest BCUT2D eigenvalue weighted by Crippen LogP contribution is -2.16. The van der Waals surface area contributed by atoms with Crippen molar-refractivity contribution >= 4 is 11.6 Å². The number of pyridine rings is 1. The molecule has 0 unspecified atom stereocenters. The first-order valence-electron chi connectivity index (χ1n) is 6.21. The Labute approximate surface area is 123 Å². The zero-order valence-corrected chi connectivity index (χ0v) is 11.1. The number of rotatable bonds is 3. The monoisotopic (exact) mass is 300 g/mol. The highest BCUT2D eigenvalue weighted by molar-refractivity contribution is 6.02. The standard InChI is InChI=1S/C14H9FN4O3/c15-10-7-9(19-6-2-1-3-13(19)20)4-5-11(10)17-14(21)12-8-16-18-22-12/h1-8H,(H,17,21). The van der Waals surface area contributed by atoms with E-state index in [0.29, 0.717) is 5.69 Å². The van der Waals surface area contributed by atoms with E-state index in [0.717, 1.165) is 12.3 Å². The van der Waals surface area contributed by atoms with Gasteiger partial charge < -0.3 is 9.84 Å². The first kappa shape index (κ1) is 13.7. The van der Waals surface area contributed by atoms with Crippen molar-refractivity contribution in [2.75, 3.05) is 5.32 Å². The maximum absolute atomic E-state index is 14.1. The Morgan fingerprint density at radius 1 is 1.27 bits per heavy atom. The van der Waals surface area contributed by atoms with Crippen LogP contribution in [0.1, 0.15) is 10.6 Å². The van der Waals surface area contributed by atoms with E-state index in [-0.39, 0.29) is 17.0 Å². The Kier molecular flexibility index (Phi) is 3.48. The molecule has 0 aliphatic carbocycles. The number of carbonyl (C=O) groups excluding carboxylic acids is 1. The van der Waals surface area contributed by atoms with E-state index >= 15 is 0 Å². The second-order valence-electron chi connectivity index (χ2n) is 4.31. The summed E-state index contributed by atoms with van der Waals surface area (Å²) in [7, 11) is 0. The lowest BCUT2D eigenvalue weighted by atomic mass is 10.2. The quantitative estimate of drug-likeness (QED) is 0.793. The highest BCUT2D eigenvalue weighted by Crippen LogP contribution is 2.18. The van der Waals surface area contributed by atoms with Crippen LogP contribution in [0.3, 0.4) is 0 Å². The molecule has 2 aromatic heterocycles. The number of carbonyl (C=O) groups is 1. The van der Waals surface area contributed by atoms with Crippen LogP contribution in [-0.4, -0.2) is 20.8 Å². The van der Waals surface area contributed by atoms with Gasteiger partial charge in [0.2, 0.25) is 5.76 Å². The van der Waals surface area contributed by atoms with Crippen molar-refractivity contribution in [3.05, 3.63) is 70.7 Å². The van der Waals surface area contributed by atoms with Gasteiger partial charge in [0.15, 0.2) is 0 Å². The van der Waals surface area contributed by atoms with Crippen LogP contribution in [0.5, 0.6) is 0 Å². The molecule has 1 N–H and O–H groups in total. The summed E-state index contributed by atoms with van der Waals surface area (Å²) in [4.78, 5) is 23.4. The molecule has 7 nitrogen and oxygen atoms in total. The molecule has 2 heterocycles. The third-order valence-corrected chi connectivity index (χ3v) is 2.89. The van der Waals surface area contributed by atoms with Crippen molar-refractivity contribution in [3.63, 3.8) is 0 Å². The van der Waals surface area contributed by atoms with E-state index in [2.05, 4.69) is 20.2 Å². The number of hydrogen-bond acceptors (Lipinski definition) is 5. The van der Waals surface area contributed by atoms with E-state index in [4.69, 9.17) is 0 Å². The van der Waals surface area contributed by atoms with Gasteiger partial charge in [-0.25, -0.2) is 4.39 Å². The molecular weight excluding hydrogens is 291 g/mol. The van der Waals surface area contributed by atoms with Crippen LogP contribution < -0.4 is 10.9 Å². The van der Waals surface area contributed by atoms with Crippen molar-refractivity contribution in [2.24, 2.45) is 0 Å². The predicted octanol–water partition coefficient (Wildman–Crippen LogP) is 1.61. The third kappa shape index (κ3) is 2.62. The van der Waals surface area contributed by atoms with E-state index in [1.165, 1.54) is 29.0 Å².